The lowest BCUT2D eigenvalue weighted by Crippen LogP contribution is -2.36. The molecule has 0 saturated carbocycles. The maximum absolute atomic E-state index is 8.91. The van der Waals surface area contributed by atoms with Gasteiger partial charge in [-0.05, 0) is 25.0 Å². The highest BCUT2D eigenvalue weighted by Crippen LogP contribution is 2.25. The summed E-state index contributed by atoms with van der Waals surface area (Å²) in [5, 5.41) is 16.9. The summed E-state index contributed by atoms with van der Waals surface area (Å²) in [6, 6.07) is 6.21. The van der Waals surface area contributed by atoms with E-state index in [-0.39, 0.29) is 0 Å². The molecule has 6 nitrogen and oxygen atoms in total. The standard InChI is InChI=1S/C13H14N6/c14-9-11-8-12(3-4-15-11)18-6-1-2-13(10-18)19-7-5-16-17-19/h3-5,7-8,13H,1-2,6,10H2. The third-order valence-corrected chi connectivity index (χ3v) is 3.43. The predicted octanol–water partition coefficient (Wildman–Crippen LogP) is 1.39. The number of hydrogen-bond acceptors (Lipinski definition) is 5. The maximum Gasteiger partial charge on any atom is 0.142 e. The van der Waals surface area contributed by atoms with Crippen LogP contribution < -0.4 is 4.90 Å². The van der Waals surface area contributed by atoms with Crippen LogP contribution in [0.5, 0.6) is 0 Å². The summed E-state index contributed by atoms with van der Waals surface area (Å²) < 4.78 is 1.92. The average molecular weight is 254 g/mol. The van der Waals surface area contributed by atoms with Crippen LogP contribution in [0.25, 0.3) is 0 Å². The molecule has 1 fully saturated rings. The first kappa shape index (κ1) is 11.7. The smallest absolute Gasteiger partial charge is 0.142 e. The van der Waals surface area contributed by atoms with Gasteiger partial charge < -0.3 is 4.90 Å². The maximum atomic E-state index is 8.91. The molecule has 0 amide bonds. The molecule has 0 aromatic carbocycles. The lowest BCUT2D eigenvalue weighted by atomic mass is 10.1. The Morgan fingerprint density at radius 1 is 1.37 bits per heavy atom. The first-order valence-corrected chi connectivity index (χ1v) is 6.34. The van der Waals surface area contributed by atoms with Crippen molar-refractivity contribution in [2.24, 2.45) is 0 Å². The third-order valence-electron chi connectivity index (χ3n) is 3.43. The number of hydrogen-bond donors (Lipinski definition) is 0. The SMILES string of the molecule is N#Cc1cc(N2CCCC(n3ccnn3)C2)ccn1. The van der Waals surface area contributed by atoms with Crippen LogP contribution in [0.4, 0.5) is 5.69 Å². The molecule has 0 bridgehead atoms. The van der Waals surface area contributed by atoms with Crippen LogP contribution in [0.15, 0.2) is 30.7 Å². The number of rotatable bonds is 2. The topological polar surface area (TPSA) is 70.6 Å². The van der Waals surface area contributed by atoms with Gasteiger partial charge in [0.25, 0.3) is 0 Å². The highest BCUT2D eigenvalue weighted by atomic mass is 15.4. The van der Waals surface area contributed by atoms with Crippen molar-refractivity contribution in [1.82, 2.24) is 20.0 Å². The summed E-state index contributed by atoms with van der Waals surface area (Å²) in [6.07, 6.45) is 7.51. The Hall–Kier alpha value is -2.42. The molecular weight excluding hydrogens is 240 g/mol. The van der Waals surface area contributed by atoms with Gasteiger partial charge in [0.1, 0.15) is 11.8 Å². The van der Waals surface area contributed by atoms with Crippen LogP contribution in [0.2, 0.25) is 0 Å². The largest absolute Gasteiger partial charge is 0.369 e. The summed E-state index contributed by atoms with van der Waals surface area (Å²) in [7, 11) is 0. The Morgan fingerprint density at radius 2 is 2.32 bits per heavy atom. The second kappa shape index (κ2) is 5.06. The van der Waals surface area contributed by atoms with Gasteiger partial charge in [-0.3, -0.25) is 0 Å². The van der Waals surface area contributed by atoms with Gasteiger partial charge in [-0.2, -0.15) is 5.26 Å². The minimum Gasteiger partial charge on any atom is -0.369 e. The molecule has 1 saturated heterocycles. The molecule has 1 atom stereocenters. The molecule has 1 aliphatic heterocycles. The van der Waals surface area contributed by atoms with E-state index in [1.807, 2.05) is 23.0 Å². The van der Waals surface area contributed by atoms with Gasteiger partial charge in [-0.15, -0.1) is 5.10 Å². The summed E-state index contributed by atoms with van der Waals surface area (Å²) in [5.74, 6) is 0. The van der Waals surface area contributed by atoms with Crippen LogP contribution >= 0.6 is 0 Å². The van der Waals surface area contributed by atoms with Crippen molar-refractivity contribution in [3.63, 3.8) is 0 Å². The number of aromatic nitrogens is 4. The van der Waals surface area contributed by atoms with Crippen molar-refractivity contribution in [2.75, 3.05) is 18.0 Å². The molecule has 0 N–H and O–H groups in total. The zero-order valence-corrected chi connectivity index (χ0v) is 10.5. The molecule has 19 heavy (non-hydrogen) atoms. The molecule has 6 heteroatoms. The van der Waals surface area contributed by atoms with Gasteiger partial charge >= 0.3 is 0 Å². The Kier molecular flexibility index (Phi) is 3.11. The lowest BCUT2D eigenvalue weighted by Gasteiger charge is -2.34. The second-order valence-corrected chi connectivity index (χ2v) is 4.64. The minimum atomic E-state index is 0.343. The van der Waals surface area contributed by atoms with E-state index in [0.29, 0.717) is 11.7 Å². The molecule has 3 rings (SSSR count). The van der Waals surface area contributed by atoms with Crippen molar-refractivity contribution in [3.8, 4) is 6.07 Å². The van der Waals surface area contributed by atoms with Crippen LogP contribution in [-0.2, 0) is 0 Å². The highest BCUT2D eigenvalue weighted by Gasteiger charge is 2.22. The number of piperidine rings is 1. The van der Waals surface area contributed by atoms with Gasteiger partial charge in [-0.1, -0.05) is 5.21 Å². The van der Waals surface area contributed by atoms with Crippen LogP contribution in [0.1, 0.15) is 24.6 Å². The summed E-state index contributed by atoms with van der Waals surface area (Å²) in [4.78, 5) is 6.28. The Morgan fingerprint density at radius 3 is 3.11 bits per heavy atom. The van der Waals surface area contributed by atoms with Gasteiger partial charge in [0.15, 0.2) is 0 Å². The van der Waals surface area contributed by atoms with Crippen LogP contribution in [-0.4, -0.2) is 33.1 Å². The van der Waals surface area contributed by atoms with Gasteiger partial charge in [0.05, 0.1) is 12.2 Å². The fraction of sp³-hybridized carbons (Fsp3) is 0.385. The molecular formula is C13H14N6. The van der Waals surface area contributed by atoms with Crippen molar-refractivity contribution < 1.29 is 0 Å². The Labute approximate surface area is 111 Å². The van der Waals surface area contributed by atoms with E-state index >= 15 is 0 Å². The van der Waals surface area contributed by atoms with E-state index in [4.69, 9.17) is 5.26 Å². The molecule has 0 radical (unpaired) electrons. The summed E-state index contributed by atoms with van der Waals surface area (Å²) in [5.41, 5.74) is 1.51. The van der Waals surface area contributed by atoms with Gasteiger partial charge in [-0.25, -0.2) is 9.67 Å². The highest BCUT2D eigenvalue weighted by molar-refractivity contribution is 5.49. The molecule has 1 aliphatic rings. The van der Waals surface area contributed by atoms with Crippen molar-refractivity contribution in [1.29, 1.82) is 5.26 Å². The van der Waals surface area contributed by atoms with Gasteiger partial charge in [0.2, 0.25) is 0 Å². The van der Waals surface area contributed by atoms with E-state index in [0.717, 1.165) is 31.6 Å². The van der Waals surface area contributed by atoms with Crippen LogP contribution in [0.3, 0.4) is 0 Å². The number of pyridine rings is 1. The van der Waals surface area contributed by atoms with Crippen molar-refractivity contribution in [3.05, 3.63) is 36.4 Å². The van der Waals surface area contributed by atoms with Gasteiger partial charge in [0, 0.05) is 31.2 Å². The molecule has 0 aliphatic carbocycles. The van der Waals surface area contributed by atoms with Crippen molar-refractivity contribution >= 4 is 5.69 Å². The number of nitriles is 1. The predicted molar refractivity (Wildman–Crippen MR) is 69.5 cm³/mol. The summed E-state index contributed by atoms with van der Waals surface area (Å²) in [6.45, 7) is 1.89. The van der Waals surface area contributed by atoms with Crippen LogP contribution in [0, 0.1) is 11.3 Å². The fourth-order valence-electron chi connectivity index (χ4n) is 2.49. The normalized spacial score (nSPS) is 19.1. The monoisotopic (exact) mass is 254 g/mol. The quantitative estimate of drug-likeness (QED) is 0.809. The van der Waals surface area contributed by atoms with E-state index in [1.54, 1.807) is 12.4 Å². The lowest BCUT2D eigenvalue weighted by molar-refractivity contribution is 0.369. The van der Waals surface area contributed by atoms with E-state index < -0.39 is 0 Å². The first-order valence-electron chi connectivity index (χ1n) is 6.34. The third kappa shape index (κ3) is 2.40. The molecule has 2 aromatic rings. The van der Waals surface area contributed by atoms with E-state index in [2.05, 4.69) is 26.3 Å². The number of anilines is 1. The van der Waals surface area contributed by atoms with Crippen molar-refractivity contribution in [2.45, 2.75) is 18.9 Å². The second-order valence-electron chi connectivity index (χ2n) is 4.64. The fourth-order valence-corrected chi connectivity index (χ4v) is 2.49. The van der Waals surface area contributed by atoms with E-state index in [1.165, 1.54) is 0 Å². The molecule has 3 heterocycles. The molecule has 0 spiro atoms. The molecule has 2 aromatic heterocycles. The summed E-state index contributed by atoms with van der Waals surface area (Å²) >= 11 is 0. The first-order chi connectivity index (χ1) is 9.36. The number of nitrogens with zero attached hydrogens (tertiary/aromatic N) is 6. The Bertz CT molecular complexity index is 585. The zero-order chi connectivity index (χ0) is 13.1. The van der Waals surface area contributed by atoms with E-state index in [9.17, 15) is 0 Å². The average Bonchev–Trinajstić information content (AvgIpc) is 3.02. The molecule has 96 valence electrons. The minimum absolute atomic E-state index is 0.343. The Balaban J connectivity index is 1.80. The molecule has 1 unspecified atom stereocenters. The zero-order valence-electron chi connectivity index (χ0n) is 10.5.